The number of carbonyl (C=O) groups is 1. The van der Waals surface area contributed by atoms with Gasteiger partial charge in [0, 0.05) is 31.6 Å². The number of nitrogens with zero attached hydrogens (tertiary/aromatic N) is 1. The monoisotopic (exact) mass is 234 g/mol. The van der Waals surface area contributed by atoms with Crippen molar-refractivity contribution < 1.29 is 9.53 Å². The summed E-state index contributed by atoms with van der Waals surface area (Å²) in [4.78, 5) is 13.4. The first-order chi connectivity index (χ1) is 8.24. The van der Waals surface area contributed by atoms with E-state index in [-0.39, 0.29) is 5.91 Å². The Bertz CT molecular complexity index is 418. The number of hydrogen-bond donors (Lipinski definition) is 1. The number of ether oxygens (including phenoxy) is 1. The molecule has 0 saturated carbocycles. The van der Waals surface area contributed by atoms with Crippen LogP contribution < -0.4 is 10.5 Å². The molecule has 0 radical (unpaired) electrons. The van der Waals surface area contributed by atoms with Gasteiger partial charge in [-0.3, -0.25) is 4.79 Å². The lowest BCUT2D eigenvalue weighted by atomic mass is 10.1. The van der Waals surface area contributed by atoms with Gasteiger partial charge in [0.05, 0.1) is 7.11 Å². The summed E-state index contributed by atoms with van der Waals surface area (Å²) in [6, 6.07) is 5.94. The van der Waals surface area contributed by atoms with Gasteiger partial charge >= 0.3 is 0 Å². The summed E-state index contributed by atoms with van der Waals surface area (Å²) < 4.78 is 5.28. The maximum Gasteiger partial charge on any atom is 0.222 e. The summed E-state index contributed by atoms with van der Waals surface area (Å²) in [6.45, 7) is 1.99. The zero-order valence-corrected chi connectivity index (χ0v) is 10.1. The maximum atomic E-state index is 11.5. The largest absolute Gasteiger partial charge is 0.496 e. The number of nitrogens with two attached hydrogens (primary N) is 1. The maximum absolute atomic E-state index is 11.5. The molecule has 4 heteroatoms. The van der Waals surface area contributed by atoms with Crippen molar-refractivity contribution >= 4 is 5.91 Å². The lowest BCUT2D eigenvalue weighted by molar-refractivity contribution is -0.128. The van der Waals surface area contributed by atoms with E-state index in [1.54, 1.807) is 7.11 Å². The molecule has 92 valence electrons. The van der Waals surface area contributed by atoms with Crippen LogP contribution in [0.3, 0.4) is 0 Å². The van der Waals surface area contributed by atoms with Gasteiger partial charge in [-0.25, -0.2) is 0 Å². The molecule has 1 fully saturated rings. The first-order valence-electron chi connectivity index (χ1n) is 5.88. The van der Waals surface area contributed by atoms with Crippen molar-refractivity contribution in [1.29, 1.82) is 0 Å². The number of benzene rings is 1. The molecule has 0 atom stereocenters. The molecule has 0 aliphatic carbocycles. The lowest BCUT2D eigenvalue weighted by Crippen LogP contribution is -2.23. The summed E-state index contributed by atoms with van der Waals surface area (Å²) >= 11 is 0. The summed E-state index contributed by atoms with van der Waals surface area (Å²) in [5.74, 6) is 1.04. The minimum Gasteiger partial charge on any atom is -0.496 e. The minimum atomic E-state index is 0.242. The molecule has 1 aromatic rings. The second-order valence-electron chi connectivity index (χ2n) is 4.27. The number of likely N-dealkylation sites (tertiary alicyclic amines) is 1. The van der Waals surface area contributed by atoms with Crippen molar-refractivity contribution in [3.05, 3.63) is 29.3 Å². The van der Waals surface area contributed by atoms with Gasteiger partial charge in [-0.1, -0.05) is 12.1 Å². The molecule has 1 saturated heterocycles. The quantitative estimate of drug-likeness (QED) is 0.853. The topological polar surface area (TPSA) is 55.6 Å². The molecule has 0 aromatic heterocycles. The highest BCUT2D eigenvalue weighted by atomic mass is 16.5. The van der Waals surface area contributed by atoms with Gasteiger partial charge in [0.25, 0.3) is 0 Å². The minimum absolute atomic E-state index is 0.242. The lowest BCUT2D eigenvalue weighted by Gasteiger charge is -2.16. The molecule has 0 unspecified atom stereocenters. The molecule has 1 amide bonds. The van der Waals surface area contributed by atoms with E-state index in [0.717, 1.165) is 29.8 Å². The van der Waals surface area contributed by atoms with E-state index in [1.165, 1.54) is 0 Å². The summed E-state index contributed by atoms with van der Waals surface area (Å²) in [5.41, 5.74) is 7.70. The second-order valence-corrected chi connectivity index (χ2v) is 4.27. The Balaban J connectivity index is 2.13. The van der Waals surface area contributed by atoms with Crippen LogP contribution in [0.5, 0.6) is 5.75 Å². The van der Waals surface area contributed by atoms with Crippen LogP contribution in [0.2, 0.25) is 0 Å². The molecule has 1 aromatic carbocycles. The number of rotatable bonds is 4. The van der Waals surface area contributed by atoms with E-state index in [0.29, 0.717) is 19.5 Å². The van der Waals surface area contributed by atoms with Crippen LogP contribution in [0.25, 0.3) is 0 Å². The van der Waals surface area contributed by atoms with Crippen molar-refractivity contribution in [3.8, 4) is 5.75 Å². The summed E-state index contributed by atoms with van der Waals surface area (Å²) in [6.07, 6.45) is 1.65. The van der Waals surface area contributed by atoms with Crippen molar-refractivity contribution in [2.75, 3.05) is 13.7 Å². The van der Waals surface area contributed by atoms with E-state index in [9.17, 15) is 4.79 Å². The predicted molar refractivity (Wildman–Crippen MR) is 65.5 cm³/mol. The molecule has 1 aliphatic heterocycles. The number of hydrogen-bond acceptors (Lipinski definition) is 3. The van der Waals surface area contributed by atoms with Gasteiger partial charge < -0.3 is 15.4 Å². The van der Waals surface area contributed by atoms with Crippen LogP contribution in [0.15, 0.2) is 18.2 Å². The Morgan fingerprint density at radius 3 is 2.88 bits per heavy atom. The molecular weight excluding hydrogens is 216 g/mol. The van der Waals surface area contributed by atoms with Gasteiger partial charge in [0.15, 0.2) is 0 Å². The van der Waals surface area contributed by atoms with E-state index in [4.69, 9.17) is 10.5 Å². The zero-order valence-electron chi connectivity index (χ0n) is 10.1. The van der Waals surface area contributed by atoms with Crippen LogP contribution in [-0.2, 0) is 17.9 Å². The highest BCUT2D eigenvalue weighted by molar-refractivity contribution is 5.78. The van der Waals surface area contributed by atoms with Crippen LogP contribution in [0.1, 0.15) is 24.0 Å². The second kappa shape index (κ2) is 5.19. The van der Waals surface area contributed by atoms with Crippen LogP contribution in [0, 0.1) is 0 Å². The van der Waals surface area contributed by atoms with Gasteiger partial charge in [-0.15, -0.1) is 0 Å². The molecule has 1 aliphatic rings. The Labute approximate surface area is 101 Å². The van der Waals surface area contributed by atoms with Crippen LogP contribution in [0.4, 0.5) is 0 Å². The average Bonchev–Trinajstić information content (AvgIpc) is 2.75. The summed E-state index contributed by atoms with van der Waals surface area (Å²) in [7, 11) is 1.64. The molecule has 2 N–H and O–H groups in total. The number of methoxy groups -OCH3 is 1. The van der Waals surface area contributed by atoms with E-state index in [1.807, 2.05) is 23.1 Å². The standard InChI is InChI=1S/C13H18N2O2/c1-17-12-7-10(4-5-11(12)8-14)9-15-6-2-3-13(15)16/h4-5,7H,2-3,6,8-9,14H2,1H3. The molecule has 1 heterocycles. The van der Waals surface area contributed by atoms with E-state index < -0.39 is 0 Å². The van der Waals surface area contributed by atoms with Gasteiger partial charge in [-0.05, 0) is 18.1 Å². The summed E-state index contributed by atoms with van der Waals surface area (Å²) in [5, 5.41) is 0. The molecular formula is C13H18N2O2. The Morgan fingerprint density at radius 2 is 2.29 bits per heavy atom. The normalized spacial score (nSPS) is 15.4. The van der Waals surface area contributed by atoms with E-state index >= 15 is 0 Å². The molecule has 4 nitrogen and oxygen atoms in total. The Kier molecular flexibility index (Phi) is 3.64. The van der Waals surface area contributed by atoms with Crippen molar-refractivity contribution in [2.45, 2.75) is 25.9 Å². The third-order valence-corrected chi connectivity index (χ3v) is 3.12. The van der Waals surface area contributed by atoms with E-state index in [2.05, 4.69) is 0 Å². The smallest absolute Gasteiger partial charge is 0.222 e. The fourth-order valence-corrected chi connectivity index (χ4v) is 2.15. The first-order valence-corrected chi connectivity index (χ1v) is 5.88. The highest BCUT2D eigenvalue weighted by Crippen LogP contribution is 2.22. The number of carbonyl (C=O) groups excluding carboxylic acids is 1. The fourth-order valence-electron chi connectivity index (χ4n) is 2.15. The van der Waals surface area contributed by atoms with Gasteiger partial charge in [0.2, 0.25) is 5.91 Å². The Morgan fingerprint density at radius 1 is 1.47 bits per heavy atom. The molecule has 0 spiro atoms. The molecule has 2 rings (SSSR count). The van der Waals surface area contributed by atoms with Crippen molar-refractivity contribution in [2.24, 2.45) is 5.73 Å². The Hall–Kier alpha value is -1.55. The third kappa shape index (κ3) is 2.58. The van der Waals surface area contributed by atoms with Crippen molar-refractivity contribution in [1.82, 2.24) is 4.90 Å². The zero-order chi connectivity index (χ0) is 12.3. The fraction of sp³-hybridized carbons (Fsp3) is 0.462. The SMILES string of the molecule is COc1cc(CN2CCCC2=O)ccc1CN. The van der Waals surface area contributed by atoms with Crippen LogP contribution in [-0.4, -0.2) is 24.5 Å². The van der Waals surface area contributed by atoms with Gasteiger partial charge in [0.1, 0.15) is 5.75 Å². The predicted octanol–water partition coefficient (Wildman–Crippen LogP) is 1.28. The third-order valence-electron chi connectivity index (χ3n) is 3.12. The number of amides is 1. The molecule has 17 heavy (non-hydrogen) atoms. The highest BCUT2D eigenvalue weighted by Gasteiger charge is 2.20. The average molecular weight is 234 g/mol. The van der Waals surface area contributed by atoms with Crippen molar-refractivity contribution in [3.63, 3.8) is 0 Å². The van der Waals surface area contributed by atoms with Gasteiger partial charge in [-0.2, -0.15) is 0 Å². The molecule has 0 bridgehead atoms. The van der Waals surface area contributed by atoms with Crippen LogP contribution >= 0.6 is 0 Å². The first kappa shape index (κ1) is 11.9.